The summed E-state index contributed by atoms with van der Waals surface area (Å²) in [6, 6.07) is 10.6. The maximum atomic E-state index is 11.8. The van der Waals surface area contributed by atoms with Crippen LogP contribution < -0.4 is 61.2 Å². The second-order valence-corrected chi connectivity index (χ2v) is 9.85. The molecule has 0 heterocycles. The van der Waals surface area contributed by atoms with Crippen molar-refractivity contribution in [1.82, 2.24) is 0 Å². The van der Waals surface area contributed by atoms with Crippen molar-refractivity contribution in [3.8, 4) is 17.2 Å². The van der Waals surface area contributed by atoms with E-state index < -0.39 is 10.1 Å². The zero-order chi connectivity index (χ0) is 23.2. The first-order valence-corrected chi connectivity index (χ1v) is 13.4. The van der Waals surface area contributed by atoms with Crippen LogP contribution in [0, 0.1) is 0 Å². The van der Waals surface area contributed by atoms with Gasteiger partial charge in [-0.15, -0.1) is 5.75 Å². The predicted molar refractivity (Wildman–Crippen MR) is 127 cm³/mol. The van der Waals surface area contributed by atoms with Crippen LogP contribution in [0.15, 0.2) is 47.4 Å². The van der Waals surface area contributed by atoms with Crippen molar-refractivity contribution in [2.24, 2.45) is 0 Å². The molecule has 5 nitrogen and oxygen atoms in total. The molecule has 0 aliphatic heterocycles. The molecule has 0 saturated heterocycles. The molecule has 0 fully saturated rings. The summed E-state index contributed by atoms with van der Waals surface area (Å²) < 4.78 is 38.8. The molecular formula is C26H37KO5S. The van der Waals surface area contributed by atoms with Crippen molar-refractivity contribution in [1.29, 1.82) is 0 Å². The largest absolute Gasteiger partial charge is 1.00 e. The molecule has 178 valence electrons. The molecule has 7 heteroatoms. The van der Waals surface area contributed by atoms with E-state index in [0.717, 1.165) is 19.3 Å². The average molecular weight is 501 g/mol. The zero-order valence-electron chi connectivity index (χ0n) is 20.2. The summed E-state index contributed by atoms with van der Waals surface area (Å²) in [6.07, 6.45) is 15.3. The first-order chi connectivity index (χ1) is 15.4. The summed E-state index contributed by atoms with van der Waals surface area (Å²) in [5, 5.41) is 11.5. The molecule has 1 N–H and O–H groups in total. The molecule has 2 aromatic carbocycles. The van der Waals surface area contributed by atoms with Crippen LogP contribution in [-0.4, -0.2) is 13.0 Å². The molecule has 0 bridgehead atoms. The number of hydrogen-bond acceptors (Lipinski definition) is 4. The molecule has 0 unspecified atom stereocenters. The minimum absolute atomic E-state index is 0. The molecule has 0 amide bonds. The van der Waals surface area contributed by atoms with Gasteiger partial charge in [0.05, 0.1) is 4.90 Å². The van der Waals surface area contributed by atoms with Crippen LogP contribution in [0.1, 0.15) is 89.5 Å². The maximum Gasteiger partial charge on any atom is 1.00 e. The van der Waals surface area contributed by atoms with Gasteiger partial charge in [0.15, 0.2) is 0 Å². The van der Waals surface area contributed by atoms with Gasteiger partial charge in [0.2, 0.25) is 0 Å². The first kappa shape index (κ1) is 30.6. The van der Waals surface area contributed by atoms with Gasteiger partial charge in [-0.2, -0.15) is 8.42 Å². The third-order valence-electron chi connectivity index (χ3n) is 5.65. The van der Waals surface area contributed by atoms with Crippen molar-refractivity contribution in [2.45, 2.75) is 95.3 Å². The fraction of sp³-hybridized carbons (Fsp3) is 0.538. The summed E-state index contributed by atoms with van der Waals surface area (Å²) in [4.78, 5) is -0.0782. The Labute approximate surface area is 242 Å². The van der Waals surface area contributed by atoms with Gasteiger partial charge in [0.1, 0.15) is 11.5 Å². The number of aryl methyl sites for hydroxylation is 1. The Kier molecular flexibility index (Phi) is 15.9. The Morgan fingerprint density at radius 2 is 1.33 bits per heavy atom. The Morgan fingerprint density at radius 1 is 0.788 bits per heavy atom. The fourth-order valence-electron chi connectivity index (χ4n) is 3.90. The summed E-state index contributed by atoms with van der Waals surface area (Å²) >= 11 is 0. The molecule has 2 rings (SSSR count). The number of benzene rings is 2. The minimum atomic E-state index is -4.30. The smallest absolute Gasteiger partial charge is 0.872 e. The third kappa shape index (κ3) is 12.7. The standard InChI is InChI=1S/C26H38O5S.K/c1-2-3-4-5-6-7-8-9-10-11-12-13-15-22-20-25(18-19-26(22)32(28,29)30)31-24-17-14-16-23(27)21-24;/h14,16-21,27H,2-13,15H2,1H3,(H,28,29,30);/q;+1/p-1. The van der Waals surface area contributed by atoms with Gasteiger partial charge in [-0.25, -0.2) is 0 Å². The number of hydrogen-bond donors (Lipinski definition) is 1. The number of rotatable bonds is 16. The van der Waals surface area contributed by atoms with Gasteiger partial charge < -0.3 is 9.84 Å². The minimum Gasteiger partial charge on any atom is -0.872 e. The molecule has 2 aromatic rings. The second kappa shape index (κ2) is 17.1. The number of ether oxygens (including phenoxy) is 1. The Bertz CT molecular complexity index is 915. The molecule has 0 saturated carbocycles. The summed E-state index contributed by atoms with van der Waals surface area (Å²) in [6.45, 7) is 2.24. The Hall–Kier alpha value is -0.414. The average Bonchev–Trinajstić information content (AvgIpc) is 2.74. The zero-order valence-corrected chi connectivity index (χ0v) is 24.2. The van der Waals surface area contributed by atoms with Gasteiger partial charge >= 0.3 is 51.4 Å². The van der Waals surface area contributed by atoms with E-state index in [4.69, 9.17) is 4.74 Å². The van der Waals surface area contributed by atoms with Crippen molar-refractivity contribution in [3.63, 3.8) is 0 Å². The van der Waals surface area contributed by atoms with E-state index in [1.807, 2.05) is 0 Å². The van der Waals surface area contributed by atoms with E-state index in [1.165, 1.54) is 82.1 Å². The molecule has 0 radical (unpaired) electrons. The van der Waals surface area contributed by atoms with Crippen LogP contribution in [0.3, 0.4) is 0 Å². The van der Waals surface area contributed by atoms with Crippen LogP contribution in [0.4, 0.5) is 0 Å². The van der Waals surface area contributed by atoms with E-state index in [-0.39, 0.29) is 62.0 Å². The third-order valence-corrected chi connectivity index (χ3v) is 6.60. The molecule has 0 atom stereocenters. The van der Waals surface area contributed by atoms with Crippen LogP contribution >= 0.6 is 0 Å². The van der Waals surface area contributed by atoms with Gasteiger partial charge in [-0.1, -0.05) is 89.7 Å². The van der Waals surface area contributed by atoms with Crippen LogP contribution in [0.25, 0.3) is 0 Å². The predicted octanol–water partition coefficient (Wildman–Crippen LogP) is 4.05. The van der Waals surface area contributed by atoms with Gasteiger partial charge in [0, 0.05) is 0 Å². The summed E-state index contributed by atoms with van der Waals surface area (Å²) in [7, 11) is -4.30. The van der Waals surface area contributed by atoms with E-state index in [9.17, 15) is 18.1 Å². The molecule has 0 aliphatic carbocycles. The van der Waals surface area contributed by atoms with Crippen molar-refractivity contribution in [3.05, 3.63) is 48.0 Å². The quantitative estimate of drug-likeness (QED) is 0.213. The maximum absolute atomic E-state index is 11.8. The van der Waals surface area contributed by atoms with Gasteiger partial charge in [0.25, 0.3) is 10.1 Å². The summed E-state index contributed by atoms with van der Waals surface area (Å²) in [5.74, 6) is 0.680. The molecule has 0 aliphatic rings. The fourth-order valence-corrected chi connectivity index (χ4v) is 4.63. The molecule has 0 spiro atoms. The Morgan fingerprint density at radius 3 is 1.88 bits per heavy atom. The molecule has 0 aromatic heterocycles. The van der Waals surface area contributed by atoms with E-state index in [0.29, 0.717) is 23.5 Å². The summed E-state index contributed by atoms with van der Waals surface area (Å²) in [5.41, 5.74) is 0.537. The van der Waals surface area contributed by atoms with E-state index in [1.54, 1.807) is 18.2 Å². The topological polar surface area (TPSA) is 86.7 Å². The van der Waals surface area contributed by atoms with E-state index >= 15 is 0 Å². The van der Waals surface area contributed by atoms with Crippen molar-refractivity contribution in [2.75, 3.05) is 0 Å². The van der Waals surface area contributed by atoms with E-state index in [2.05, 4.69) is 6.92 Å². The number of unbranched alkanes of at least 4 members (excludes halogenated alkanes) is 11. The normalized spacial score (nSPS) is 11.2. The van der Waals surface area contributed by atoms with Crippen LogP contribution in [0.5, 0.6) is 17.2 Å². The van der Waals surface area contributed by atoms with Crippen molar-refractivity contribution < 1.29 is 74.2 Å². The van der Waals surface area contributed by atoms with Gasteiger partial charge in [-0.05, 0) is 48.7 Å². The van der Waals surface area contributed by atoms with Crippen LogP contribution in [-0.2, 0) is 16.5 Å². The SMILES string of the molecule is CCCCCCCCCCCCCCc1cc(Oc2cccc([O-])c2)ccc1S(=O)(=O)O.[K+]. The monoisotopic (exact) mass is 500 g/mol. The van der Waals surface area contributed by atoms with Crippen LogP contribution in [0.2, 0.25) is 0 Å². The Balaban J connectivity index is 0.00000544. The van der Waals surface area contributed by atoms with Crippen molar-refractivity contribution >= 4 is 10.1 Å². The second-order valence-electron chi connectivity index (χ2n) is 8.46. The first-order valence-electron chi connectivity index (χ1n) is 12.0. The molecular weight excluding hydrogens is 463 g/mol. The van der Waals surface area contributed by atoms with Gasteiger partial charge in [-0.3, -0.25) is 4.55 Å². The molecule has 33 heavy (non-hydrogen) atoms.